The van der Waals surface area contributed by atoms with E-state index < -0.39 is 6.10 Å². The fraction of sp³-hybridized carbons (Fsp3) is 0.280. The van der Waals surface area contributed by atoms with Crippen LogP contribution in [0.15, 0.2) is 66.7 Å². The van der Waals surface area contributed by atoms with Gasteiger partial charge in [-0.2, -0.15) is 0 Å². The lowest BCUT2D eigenvalue weighted by Crippen LogP contribution is -2.35. The van der Waals surface area contributed by atoms with Crippen LogP contribution < -0.4 is 15.4 Å². The second-order valence-corrected chi connectivity index (χ2v) is 7.31. The molecule has 2 atom stereocenters. The largest absolute Gasteiger partial charge is 0.480 e. The number of benzene rings is 3. The van der Waals surface area contributed by atoms with Gasteiger partial charge < -0.3 is 15.4 Å². The predicted molar refractivity (Wildman–Crippen MR) is 121 cm³/mol. The van der Waals surface area contributed by atoms with Gasteiger partial charge in [-0.05, 0) is 43.4 Å². The molecule has 30 heavy (non-hydrogen) atoms. The summed E-state index contributed by atoms with van der Waals surface area (Å²) in [6, 6.07) is 20.8. The van der Waals surface area contributed by atoms with Gasteiger partial charge in [-0.15, -0.1) is 0 Å². The van der Waals surface area contributed by atoms with Crippen molar-refractivity contribution in [3.8, 4) is 5.75 Å². The van der Waals surface area contributed by atoms with Crippen LogP contribution in [0.3, 0.4) is 0 Å². The van der Waals surface area contributed by atoms with Gasteiger partial charge >= 0.3 is 0 Å². The van der Waals surface area contributed by atoms with Crippen molar-refractivity contribution in [3.63, 3.8) is 0 Å². The number of fused-ring (bicyclic) bond motifs is 1. The molecule has 0 unspecified atom stereocenters. The standard InChI is InChI=1S/C25H28N2O3/c1-4-17(3)26-24(28)20-14-8-9-15-21(20)27-25(29)22(5-2)30-23-16-10-12-18-11-6-7-13-19(18)23/h6-17,22H,4-5H2,1-3H3,(H,26,28)(H,27,29)/t17-,22+/m0/s1. The molecule has 0 aromatic heterocycles. The molecule has 3 aromatic rings. The summed E-state index contributed by atoms with van der Waals surface area (Å²) in [7, 11) is 0. The number of hydrogen-bond acceptors (Lipinski definition) is 3. The molecule has 0 fully saturated rings. The van der Waals surface area contributed by atoms with E-state index in [1.165, 1.54) is 0 Å². The summed E-state index contributed by atoms with van der Waals surface area (Å²) in [5, 5.41) is 7.83. The maximum absolute atomic E-state index is 13.0. The minimum atomic E-state index is -0.679. The lowest BCUT2D eigenvalue weighted by atomic mass is 10.1. The van der Waals surface area contributed by atoms with Crippen molar-refractivity contribution in [1.29, 1.82) is 0 Å². The maximum atomic E-state index is 13.0. The van der Waals surface area contributed by atoms with Gasteiger partial charge in [0.05, 0.1) is 11.3 Å². The molecule has 3 aromatic carbocycles. The first-order valence-electron chi connectivity index (χ1n) is 10.4. The van der Waals surface area contributed by atoms with Crippen LogP contribution in [0.25, 0.3) is 10.8 Å². The molecule has 2 N–H and O–H groups in total. The fourth-order valence-electron chi connectivity index (χ4n) is 3.18. The van der Waals surface area contributed by atoms with Crippen LogP contribution in [-0.2, 0) is 4.79 Å². The molecule has 3 rings (SSSR count). The molecule has 0 bridgehead atoms. The number of rotatable bonds is 8. The van der Waals surface area contributed by atoms with Crippen LogP contribution in [0.2, 0.25) is 0 Å². The third-order valence-corrected chi connectivity index (χ3v) is 5.10. The number of hydrogen-bond donors (Lipinski definition) is 2. The minimum Gasteiger partial charge on any atom is -0.480 e. The highest BCUT2D eigenvalue weighted by Crippen LogP contribution is 2.27. The zero-order chi connectivity index (χ0) is 21.5. The van der Waals surface area contributed by atoms with E-state index in [0.717, 1.165) is 17.2 Å². The predicted octanol–water partition coefficient (Wildman–Crippen LogP) is 5.16. The van der Waals surface area contributed by atoms with Crippen molar-refractivity contribution in [1.82, 2.24) is 5.32 Å². The van der Waals surface area contributed by atoms with Crippen LogP contribution in [-0.4, -0.2) is 24.0 Å². The number of carbonyl (C=O) groups is 2. The molecule has 156 valence electrons. The van der Waals surface area contributed by atoms with E-state index >= 15 is 0 Å². The molecule has 0 saturated carbocycles. The molecule has 5 heteroatoms. The molecule has 2 amide bonds. The van der Waals surface area contributed by atoms with Crippen molar-refractivity contribution < 1.29 is 14.3 Å². The molecule has 0 aliphatic heterocycles. The van der Waals surface area contributed by atoms with Gasteiger partial charge in [0.15, 0.2) is 6.10 Å². The van der Waals surface area contributed by atoms with Crippen molar-refractivity contribution in [2.75, 3.05) is 5.32 Å². The smallest absolute Gasteiger partial charge is 0.265 e. The summed E-state index contributed by atoms with van der Waals surface area (Å²) in [5.41, 5.74) is 0.912. The molecule has 0 saturated heterocycles. The van der Waals surface area contributed by atoms with Gasteiger partial charge in [0.1, 0.15) is 5.75 Å². The normalized spacial score (nSPS) is 12.8. The van der Waals surface area contributed by atoms with E-state index in [9.17, 15) is 9.59 Å². The Hall–Kier alpha value is -3.34. The number of nitrogens with one attached hydrogen (secondary N) is 2. The van der Waals surface area contributed by atoms with E-state index in [1.807, 2.05) is 63.2 Å². The first kappa shape index (κ1) is 21.4. The molecular formula is C25H28N2O3. The lowest BCUT2D eigenvalue weighted by Gasteiger charge is -2.20. The van der Waals surface area contributed by atoms with Gasteiger partial charge in [-0.25, -0.2) is 0 Å². The quantitative estimate of drug-likeness (QED) is 0.545. The van der Waals surface area contributed by atoms with Crippen LogP contribution in [0.5, 0.6) is 5.75 Å². The van der Waals surface area contributed by atoms with Crippen molar-refractivity contribution >= 4 is 28.3 Å². The number of para-hydroxylation sites is 1. The Labute approximate surface area is 177 Å². The monoisotopic (exact) mass is 404 g/mol. The summed E-state index contributed by atoms with van der Waals surface area (Å²) in [5.74, 6) is 0.176. The second kappa shape index (κ2) is 9.92. The topological polar surface area (TPSA) is 67.4 Å². The van der Waals surface area contributed by atoms with Crippen molar-refractivity contribution in [2.45, 2.75) is 45.8 Å². The Balaban J connectivity index is 1.78. The Bertz CT molecular complexity index is 1030. The zero-order valence-corrected chi connectivity index (χ0v) is 17.6. The fourth-order valence-corrected chi connectivity index (χ4v) is 3.18. The SMILES string of the molecule is CC[C@H](C)NC(=O)c1ccccc1NC(=O)[C@@H](CC)Oc1cccc2ccccc12. The first-order valence-corrected chi connectivity index (χ1v) is 10.4. The summed E-state index contributed by atoms with van der Waals surface area (Å²) in [6.07, 6.45) is 0.648. The summed E-state index contributed by atoms with van der Waals surface area (Å²) < 4.78 is 6.08. The Morgan fingerprint density at radius 2 is 1.60 bits per heavy atom. The van der Waals surface area contributed by atoms with Gasteiger partial charge in [0.25, 0.3) is 11.8 Å². The third kappa shape index (κ3) is 4.98. The number of anilines is 1. The summed E-state index contributed by atoms with van der Waals surface area (Å²) in [4.78, 5) is 25.6. The molecule has 0 spiro atoms. The van der Waals surface area contributed by atoms with Gasteiger partial charge in [0.2, 0.25) is 0 Å². The maximum Gasteiger partial charge on any atom is 0.265 e. The highest BCUT2D eigenvalue weighted by Gasteiger charge is 2.22. The molecule has 0 aliphatic carbocycles. The Morgan fingerprint density at radius 3 is 2.37 bits per heavy atom. The Kier molecular flexibility index (Phi) is 7.07. The molecular weight excluding hydrogens is 376 g/mol. The number of ether oxygens (including phenoxy) is 1. The average Bonchev–Trinajstić information content (AvgIpc) is 2.77. The van der Waals surface area contributed by atoms with E-state index in [1.54, 1.807) is 24.3 Å². The van der Waals surface area contributed by atoms with Crippen molar-refractivity contribution in [2.24, 2.45) is 0 Å². The number of amides is 2. The highest BCUT2D eigenvalue weighted by molar-refractivity contribution is 6.04. The van der Waals surface area contributed by atoms with E-state index in [4.69, 9.17) is 4.74 Å². The van der Waals surface area contributed by atoms with Gasteiger partial charge in [-0.3, -0.25) is 9.59 Å². The first-order chi connectivity index (χ1) is 14.5. The zero-order valence-electron chi connectivity index (χ0n) is 17.6. The third-order valence-electron chi connectivity index (χ3n) is 5.10. The minimum absolute atomic E-state index is 0.0549. The van der Waals surface area contributed by atoms with E-state index in [-0.39, 0.29) is 17.9 Å². The molecule has 5 nitrogen and oxygen atoms in total. The average molecular weight is 405 g/mol. The molecule has 0 aliphatic rings. The van der Waals surface area contributed by atoms with Crippen LogP contribution in [0.4, 0.5) is 5.69 Å². The van der Waals surface area contributed by atoms with E-state index in [2.05, 4.69) is 10.6 Å². The Morgan fingerprint density at radius 1 is 0.900 bits per heavy atom. The van der Waals surface area contributed by atoms with Gasteiger partial charge in [-0.1, -0.05) is 62.4 Å². The summed E-state index contributed by atoms with van der Waals surface area (Å²) >= 11 is 0. The number of carbonyl (C=O) groups excluding carboxylic acids is 2. The van der Waals surface area contributed by atoms with E-state index in [0.29, 0.717) is 23.4 Å². The molecule has 0 heterocycles. The van der Waals surface area contributed by atoms with Crippen molar-refractivity contribution in [3.05, 3.63) is 72.3 Å². The van der Waals surface area contributed by atoms with Crippen LogP contribution >= 0.6 is 0 Å². The highest BCUT2D eigenvalue weighted by atomic mass is 16.5. The van der Waals surface area contributed by atoms with Crippen LogP contribution in [0.1, 0.15) is 44.0 Å². The second-order valence-electron chi connectivity index (χ2n) is 7.31. The van der Waals surface area contributed by atoms with Gasteiger partial charge in [0, 0.05) is 11.4 Å². The molecule has 0 radical (unpaired) electrons. The lowest BCUT2D eigenvalue weighted by molar-refractivity contribution is -0.122. The summed E-state index contributed by atoms with van der Waals surface area (Å²) in [6.45, 7) is 5.86. The van der Waals surface area contributed by atoms with Crippen LogP contribution in [0, 0.1) is 0 Å².